The number of allylic oxidation sites excluding steroid dienone is 2. The zero-order valence-corrected chi connectivity index (χ0v) is 17.8. The zero-order chi connectivity index (χ0) is 20.8. The number of rotatable bonds is 4. The highest BCUT2D eigenvalue weighted by molar-refractivity contribution is 5.82. The third kappa shape index (κ3) is 2.75. The van der Waals surface area contributed by atoms with Crippen LogP contribution < -0.4 is 0 Å². The summed E-state index contributed by atoms with van der Waals surface area (Å²) in [6.45, 7) is 2.24. The predicted molar refractivity (Wildman–Crippen MR) is 130 cm³/mol. The van der Waals surface area contributed by atoms with Crippen LogP contribution in [0.15, 0.2) is 109 Å². The zero-order valence-electron chi connectivity index (χ0n) is 17.8. The predicted octanol–water partition coefficient (Wildman–Crippen LogP) is 8.19. The van der Waals surface area contributed by atoms with Crippen LogP contribution in [0.1, 0.15) is 47.4 Å². The molecule has 0 saturated carbocycles. The highest BCUT2D eigenvalue weighted by Gasteiger charge is 2.41. The molecule has 0 fully saturated rings. The SMILES string of the molecule is CCC=CC(C1c2ccccc2-c2ccccc21)C1c2ccccc2-c2ccccc21. The van der Waals surface area contributed by atoms with Crippen molar-refractivity contribution in [3.8, 4) is 22.3 Å². The van der Waals surface area contributed by atoms with Crippen LogP contribution in [0.2, 0.25) is 0 Å². The normalized spacial score (nSPS) is 14.6. The van der Waals surface area contributed by atoms with E-state index in [2.05, 4.69) is 116 Å². The minimum absolute atomic E-state index is 0.361. The summed E-state index contributed by atoms with van der Waals surface area (Å²) in [4.78, 5) is 0. The molecule has 2 aliphatic rings. The monoisotopic (exact) mass is 398 g/mol. The lowest BCUT2D eigenvalue weighted by molar-refractivity contribution is 0.519. The standard InChI is InChI=1S/C31H26/c1-2-3-12-29(30-25-17-8-4-13-21(25)22-14-5-9-18-26(22)30)31-27-19-10-6-15-23(27)24-16-7-11-20-28(24)31/h3-20,29-31H,2H2,1H3. The lowest BCUT2D eigenvalue weighted by Gasteiger charge is -2.30. The smallest absolute Gasteiger partial charge is 0.0173 e. The second-order valence-corrected chi connectivity index (χ2v) is 8.72. The van der Waals surface area contributed by atoms with Crippen molar-refractivity contribution in [1.82, 2.24) is 0 Å². The Morgan fingerprint density at radius 2 is 0.871 bits per heavy atom. The highest BCUT2D eigenvalue weighted by atomic mass is 14.4. The van der Waals surface area contributed by atoms with Gasteiger partial charge in [0.2, 0.25) is 0 Å². The van der Waals surface area contributed by atoms with E-state index in [0.717, 1.165) is 6.42 Å². The van der Waals surface area contributed by atoms with Crippen LogP contribution in [0.3, 0.4) is 0 Å². The molecule has 150 valence electrons. The molecule has 2 aliphatic carbocycles. The molecule has 0 amide bonds. The summed E-state index contributed by atoms with van der Waals surface area (Å²) in [5.74, 6) is 1.09. The highest BCUT2D eigenvalue weighted by Crippen LogP contribution is 2.57. The molecule has 0 aliphatic heterocycles. The van der Waals surface area contributed by atoms with Crippen LogP contribution in [0.5, 0.6) is 0 Å². The van der Waals surface area contributed by atoms with Crippen molar-refractivity contribution in [2.24, 2.45) is 5.92 Å². The van der Waals surface area contributed by atoms with E-state index in [9.17, 15) is 0 Å². The summed E-state index contributed by atoms with van der Waals surface area (Å²) in [5, 5.41) is 0. The van der Waals surface area contributed by atoms with E-state index in [4.69, 9.17) is 0 Å². The van der Waals surface area contributed by atoms with Crippen LogP contribution in [-0.4, -0.2) is 0 Å². The Hall–Kier alpha value is -3.38. The van der Waals surface area contributed by atoms with E-state index in [1.165, 1.54) is 44.5 Å². The van der Waals surface area contributed by atoms with Crippen molar-refractivity contribution < 1.29 is 0 Å². The van der Waals surface area contributed by atoms with Gasteiger partial charge in [-0.05, 0) is 56.8 Å². The van der Waals surface area contributed by atoms with Gasteiger partial charge in [-0.2, -0.15) is 0 Å². The molecule has 31 heavy (non-hydrogen) atoms. The Kier molecular flexibility index (Phi) is 4.39. The molecule has 0 spiro atoms. The lowest BCUT2D eigenvalue weighted by atomic mass is 9.72. The van der Waals surface area contributed by atoms with Gasteiger partial charge in [0.25, 0.3) is 0 Å². The summed E-state index contributed by atoms with van der Waals surface area (Å²) in [6.07, 6.45) is 5.94. The summed E-state index contributed by atoms with van der Waals surface area (Å²) in [5.41, 5.74) is 11.5. The summed E-state index contributed by atoms with van der Waals surface area (Å²) < 4.78 is 0. The first-order chi connectivity index (χ1) is 15.4. The van der Waals surface area contributed by atoms with E-state index in [-0.39, 0.29) is 0 Å². The fourth-order valence-corrected chi connectivity index (χ4v) is 5.93. The molecule has 4 aromatic carbocycles. The summed E-state index contributed by atoms with van der Waals surface area (Å²) in [7, 11) is 0. The van der Waals surface area contributed by atoms with Crippen molar-refractivity contribution in [2.75, 3.05) is 0 Å². The Balaban J connectivity index is 1.60. The maximum atomic E-state index is 2.51. The third-order valence-corrected chi connectivity index (χ3v) is 7.13. The second-order valence-electron chi connectivity index (χ2n) is 8.72. The number of fused-ring (bicyclic) bond motifs is 6. The summed E-state index contributed by atoms with van der Waals surface area (Å²) in [6, 6.07) is 36.1. The van der Waals surface area contributed by atoms with Crippen molar-refractivity contribution in [3.63, 3.8) is 0 Å². The Bertz CT molecular complexity index is 1110. The Morgan fingerprint density at radius 3 is 1.19 bits per heavy atom. The fraction of sp³-hybridized carbons (Fsp3) is 0.161. The van der Waals surface area contributed by atoms with Gasteiger partial charge in [-0.1, -0.05) is 116 Å². The molecule has 0 N–H and O–H groups in total. The molecule has 0 nitrogen and oxygen atoms in total. The Morgan fingerprint density at radius 1 is 0.548 bits per heavy atom. The fourth-order valence-electron chi connectivity index (χ4n) is 5.93. The molecular formula is C31H26. The largest absolute Gasteiger partial charge is 0.0885 e. The first kappa shape index (κ1) is 18.4. The Labute approximate surface area is 184 Å². The quantitative estimate of drug-likeness (QED) is 0.304. The van der Waals surface area contributed by atoms with Crippen molar-refractivity contribution >= 4 is 0 Å². The average Bonchev–Trinajstić information content (AvgIpc) is 3.34. The molecule has 0 unspecified atom stereocenters. The van der Waals surface area contributed by atoms with E-state index in [0.29, 0.717) is 17.8 Å². The van der Waals surface area contributed by atoms with Gasteiger partial charge in [0, 0.05) is 11.8 Å². The van der Waals surface area contributed by atoms with E-state index in [1.54, 1.807) is 0 Å². The van der Waals surface area contributed by atoms with Crippen LogP contribution in [0.4, 0.5) is 0 Å². The van der Waals surface area contributed by atoms with Gasteiger partial charge in [0.15, 0.2) is 0 Å². The van der Waals surface area contributed by atoms with Gasteiger partial charge >= 0.3 is 0 Å². The minimum atomic E-state index is 0.361. The number of hydrogen-bond donors (Lipinski definition) is 0. The number of hydrogen-bond acceptors (Lipinski definition) is 0. The molecule has 0 heterocycles. The summed E-state index contributed by atoms with van der Waals surface area (Å²) >= 11 is 0. The maximum absolute atomic E-state index is 2.51. The minimum Gasteiger partial charge on any atom is -0.0885 e. The second kappa shape index (κ2) is 7.39. The van der Waals surface area contributed by atoms with Gasteiger partial charge in [-0.3, -0.25) is 0 Å². The van der Waals surface area contributed by atoms with Crippen molar-refractivity contribution in [1.29, 1.82) is 0 Å². The van der Waals surface area contributed by atoms with Gasteiger partial charge in [-0.15, -0.1) is 0 Å². The molecule has 4 aromatic rings. The van der Waals surface area contributed by atoms with Crippen LogP contribution in [-0.2, 0) is 0 Å². The third-order valence-electron chi connectivity index (χ3n) is 7.13. The number of benzene rings is 4. The topological polar surface area (TPSA) is 0 Å². The molecular weight excluding hydrogens is 372 g/mol. The molecule has 0 atom stereocenters. The first-order valence-electron chi connectivity index (χ1n) is 11.4. The molecule has 0 heteroatoms. The molecule has 0 saturated heterocycles. The molecule has 0 aromatic heterocycles. The van der Waals surface area contributed by atoms with Crippen molar-refractivity contribution in [3.05, 3.63) is 131 Å². The van der Waals surface area contributed by atoms with E-state index >= 15 is 0 Å². The lowest BCUT2D eigenvalue weighted by Crippen LogP contribution is -2.19. The van der Waals surface area contributed by atoms with Crippen LogP contribution >= 0.6 is 0 Å². The maximum Gasteiger partial charge on any atom is 0.0173 e. The molecule has 6 rings (SSSR count). The average molecular weight is 399 g/mol. The van der Waals surface area contributed by atoms with Gasteiger partial charge in [0.05, 0.1) is 0 Å². The molecule has 0 radical (unpaired) electrons. The van der Waals surface area contributed by atoms with Crippen molar-refractivity contribution in [2.45, 2.75) is 25.2 Å². The first-order valence-corrected chi connectivity index (χ1v) is 11.4. The van der Waals surface area contributed by atoms with Crippen LogP contribution in [0, 0.1) is 5.92 Å². The van der Waals surface area contributed by atoms with Gasteiger partial charge in [-0.25, -0.2) is 0 Å². The van der Waals surface area contributed by atoms with Gasteiger partial charge < -0.3 is 0 Å². The van der Waals surface area contributed by atoms with Gasteiger partial charge in [0.1, 0.15) is 0 Å². The van der Waals surface area contributed by atoms with E-state index < -0.39 is 0 Å². The van der Waals surface area contributed by atoms with E-state index in [1.807, 2.05) is 0 Å². The van der Waals surface area contributed by atoms with Crippen LogP contribution in [0.25, 0.3) is 22.3 Å². The molecule has 0 bridgehead atoms.